The summed E-state index contributed by atoms with van der Waals surface area (Å²) in [7, 11) is 4.52. The van der Waals surface area contributed by atoms with E-state index in [1.54, 1.807) is 18.2 Å². The Kier molecular flexibility index (Phi) is 9.04. The lowest BCUT2D eigenvalue weighted by Crippen LogP contribution is -2.37. The van der Waals surface area contributed by atoms with E-state index in [0.717, 1.165) is 35.9 Å². The fraction of sp³-hybridized carbons (Fsp3) is 0.476. The summed E-state index contributed by atoms with van der Waals surface area (Å²) in [4.78, 5) is 38.1. The maximum atomic E-state index is 12.7. The molecule has 1 fully saturated rings. The van der Waals surface area contributed by atoms with Gasteiger partial charge in [0, 0.05) is 19.5 Å². The van der Waals surface area contributed by atoms with Gasteiger partial charge in [0.1, 0.15) is 0 Å². The standard InChI is InChI=1S/C21H28N2O6S/c1-5-6-7-8-18(24)22-9-10-23-20(25)17(30-21(23)26)13-14-11-15(27-2)19(29-4)16(12-14)28-3/h11-13H,5-10H2,1-4H3,(H,22,24)/b17-13-. The smallest absolute Gasteiger partial charge is 0.293 e. The first-order valence-electron chi connectivity index (χ1n) is 9.77. The SMILES string of the molecule is CCCCCC(=O)NCCN1C(=O)S/C(=C\c2cc(OC)c(OC)c(OC)c2)C1=O. The van der Waals surface area contributed by atoms with E-state index in [9.17, 15) is 14.4 Å². The maximum Gasteiger partial charge on any atom is 0.293 e. The van der Waals surface area contributed by atoms with E-state index >= 15 is 0 Å². The van der Waals surface area contributed by atoms with Crippen LogP contribution in [0.2, 0.25) is 0 Å². The molecule has 1 heterocycles. The molecule has 3 amide bonds. The molecule has 164 valence electrons. The number of unbranched alkanes of at least 4 members (excludes halogenated alkanes) is 2. The fourth-order valence-electron chi connectivity index (χ4n) is 2.96. The number of hydrogen-bond donors (Lipinski definition) is 1. The quantitative estimate of drug-likeness (QED) is 0.419. The highest BCUT2D eigenvalue weighted by Gasteiger charge is 2.34. The summed E-state index contributed by atoms with van der Waals surface area (Å²) in [5.41, 5.74) is 0.638. The van der Waals surface area contributed by atoms with Crippen molar-refractivity contribution in [3.8, 4) is 17.2 Å². The molecule has 8 nitrogen and oxygen atoms in total. The van der Waals surface area contributed by atoms with Crippen LogP contribution >= 0.6 is 11.8 Å². The summed E-state index contributed by atoms with van der Waals surface area (Å²) >= 11 is 0.862. The van der Waals surface area contributed by atoms with E-state index in [2.05, 4.69) is 12.2 Å². The van der Waals surface area contributed by atoms with Gasteiger partial charge in [0.25, 0.3) is 11.1 Å². The predicted octanol–water partition coefficient (Wildman–Crippen LogP) is 3.45. The summed E-state index contributed by atoms with van der Waals surface area (Å²) in [5.74, 6) is 0.892. The van der Waals surface area contributed by atoms with Crippen molar-refractivity contribution in [3.63, 3.8) is 0 Å². The normalized spacial score (nSPS) is 14.9. The van der Waals surface area contributed by atoms with Crippen LogP contribution in [-0.2, 0) is 9.59 Å². The number of amides is 3. The third-order valence-corrected chi connectivity index (χ3v) is 5.43. The van der Waals surface area contributed by atoms with Gasteiger partial charge in [-0.2, -0.15) is 0 Å². The molecule has 9 heteroatoms. The van der Waals surface area contributed by atoms with Crippen LogP contribution in [0.4, 0.5) is 4.79 Å². The molecule has 1 aliphatic heterocycles. The van der Waals surface area contributed by atoms with Crippen LogP contribution in [0.5, 0.6) is 17.2 Å². The van der Waals surface area contributed by atoms with Gasteiger partial charge in [-0.15, -0.1) is 0 Å². The second-order valence-corrected chi connectivity index (χ2v) is 7.59. The largest absolute Gasteiger partial charge is 0.493 e. The molecule has 0 atom stereocenters. The van der Waals surface area contributed by atoms with Crippen molar-refractivity contribution in [2.45, 2.75) is 32.6 Å². The van der Waals surface area contributed by atoms with Crippen molar-refractivity contribution in [2.24, 2.45) is 0 Å². The third-order valence-electron chi connectivity index (χ3n) is 4.52. The molecule has 0 radical (unpaired) electrons. The molecular weight excluding hydrogens is 408 g/mol. The summed E-state index contributed by atoms with van der Waals surface area (Å²) in [6.07, 6.45) is 4.95. The molecule has 1 aliphatic rings. The molecule has 0 bridgehead atoms. The average molecular weight is 437 g/mol. The van der Waals surface area contributed by atoms with Gasteiger partial charge in [0.05, 0.1) is 26.2 Å². The van der Waals surface area contributed by atoms with E-state index in [1.807, 2.05) is 0 Å². The Labute approximate surface area is 180 Å². The highest BCUT2D eigenvalue weighted by atomic mass is 32.2. The zero-order valence-electron chi connectivity index (χ0n) is 17.8. The van der Waals surface area contributed by atoms with E-state index in [4.69, 9.17) is 14.2 Å². The minimum atomic E-state index is -0.390. The number of ether oxygens (including phenoxy) is 3. The Morgan fingerprint density at radius 1 is 1.10 bits per heavy atom. The highest BCUT2D eigenvalue weighted by Crippen LogP contribution is 2.40. The molecule has 2 rings (SSSR count). The number of rotatable bonds is 11. The summed E-state index contributed by atoms with van der Waals surface area (Å²) in [5, 5.41) is 2.39. The fourth-order valence-corrected chi connectivity index (χ4v) is 3.82. The number of hydrogen-bond acceptors (Lipinski definition) is 7. The van der Waals surface area contributed by atoms with Gasteiger partial charge in [0.2, 0.25) is 11.7 Å². The lowest BCUT2D eigenvalue weighted by atomic mass is 10.1. The maximum absolute atomic E-state index is 12.7. The minimum Gasteiger partial charge on any atom is -0.493 e. The Hall–Kier alpha value is -2.68. The van der Waals surface area contributed by atoms with Crippen molar-refractivity contribution < 1.29 is 28.6 Å². The van der Waals surface area contributed by atoms with Gasteiger partial charge >= 0.3 is 0 Å². The van der Waals surface area contributed by atoms with Gasteiger partial charge in [-0.05, 0) is 42.0 Å². The monoisotopic (exact) mass is 436 g/mol. The summed E-state index contributed by atoms with van der Waals surface area (Å²) in [6, 6.07) is 3.40. The average Bonchev–Trinajstić information content (AvgIpc) is 3.00. The molecule has 1 saturated heterocycles. The molecule has 1 aromatic carbocycles. The van der Waals surface area contributed by atoms with Crippen molar-refractivity contribution in [3.05, 3.63) is 22.6 Å². The lowest BCUT2D eigenvalue weighted by Gasteiger charge is -2.13. The number of methoxy groups -OCH3 is 3. The molecule has 30 heavy (non-hydrogen) atoms. The molecule has 0 aliphatic carbocycles. The van der Waals surface area contributed by atoms with Crippen LogP contribution < -0.4 is 19.5 Å². The second kappa shape index (κ2) is 11.5. The van der Waals surface area contributed by atoms with Gasteiger partial charge in [-0.3, -0.25) is 19.3 Å². The molecule has 0 aromatic heterocycles. The summed E-state index contributed by atoms with van der Waals surface area (Å²) < 4.78 is 15.9. The number of carbonyl (C=O) groups excluding carboxylic acids is 3. The molecular formula is C21H28N2O6S. The third kappa shape index (κ3) is 5.91. The first-order valence-corrected chi connectivity index (χ1v) is 10.6. The van der Waals surface area contributed by atoms with Gasteiger partial charge in [-0.25, -0.2) is 0 Å². The highest BCUT2D eigenvalue weighted by molar-refractivity contribution is 8.18. The van der Waals surface area contributed by atoms with Crippen LogP contribution in [-0.4, -0.2) is 56.4 Å². The number of carbonyl (C=O) groups is 3. The van der Waals surface area contributed by atoms with Crippen LogP contribution in [0, 0.1) is 0 Å². The van der Waals surface area contributed by atoms with Crippen molar-refractivity contribution in [1.82, 2.24) is 10.2 Å². The molecule has 0 saturated carbocycles. The Morgan fingerprint density at radius 2 is 1.77 bits per heavy atom. The summed E-state index contributed by atoms with van der Waals surface area (Å²) in [6.45, 7) is 2.45. The molecule has 1 aromatic rings. The Balaban J connectivity index is 2.05. The Bertz CT molecular complexity index is 799. The lowest BCUT2D eigenvalue weighted by molar-refractivity contribution is -0.124. The van der Waals surface area contributed by atoms with Crippen molar-refractivity contribution in [1.29, 1.82) is 0 Å². The number of thioether (sulfide) groups is 1. The van der Waals surface area contributed by atoms with E-state index in [1.165, 1.54) is 21.3 Å². The van der Waals surface area contributed by atoms with Gasteiger partial charge in [0.15, 0.2) is 11.5 Å². The molecule has 0 unspecified atom stereocenters. The van der Waals surface area contributed by atoms with E-state index < -0.39 is 0 Å². The zero-order valence-corrected chi connectivity index (χ0v) is 18.6. The number of nitrogens with one attached hydrogen (secondary N) is 1. The first kappa shape index (κ1) is 23.6. The van der Waals surface area contributed by atoms with Crippen LogP contribution in [0.25, 0.3) is 6.08 Å². The molecule has 1 N–H and O–H groups in total. The van der Waals surface area contributed by atoms with Crippen molar-refractivity contribution >= 4 is 34.9 Å². The predicted molar refractivity (Wildman–Crippen MR) is 116 cm³/mol. The number of benzene rings is 1. The number of nitrogens with zero attached hydrogens (tertiary/aromatic N) is 1. The second-order valence-electron chi connectivity index (χ2n) is 6.60. The minimum absolute atomic E-state index is 0.0663. The van der Waals surface area contributed by atoms with Crippen LogP contribution in [0.3, 0.4) is 0 Å². The molecule has 0 spiro atoms. The van der Waals surface area contributed by atoms with Crippen LogP contribution in [0.15, 0.2) is 17.0 Å². The zero-order chi connectivity index (χ0) is 22.1. The van der Waals surface area contributed by atoms with Gasteiger partial charge in [-0.1, -0.05) is 19.8 Å². The Morgan fingerprint density at radius 3 is 2.33 bits per heavy atom. The van der Waals surface area contributed by atoms with Gasteiger partial charge < -0.3 is 19.5 Å². The van der Waals surface area contributed by atoms with E-state index in [-0.39, 0.29) is 30.1 Å². The van der Waals surface area contributed by atoms with Crippen LogP contribution in [0.1, 0.15) is 38.2 Å². The van der Waals surface area contributed by atoms with Crippen molar-refractivity contribution in [2.75, 3.05) is 34.4 Å². The van der Waals surface area contributed by atoms with E-state index in [0.29, 0.717) is 34.1 Å². The first-order chi connectivity index (χ1) is 14.4. The topological polar surface area (TPSA) is 94.2 Å². The number of imide groups is 1.